The van der Waals surface area contributed by atoms with Gasteiger partial charge in [-0.1, -0.05) is 18.2 Å². The van der Waals surface area contributed by atoms with Crippen molar-refractivity contribution in [2.75, 3.05) is 0 Å². The Bertz CT molecular complexity index is 1290. The molecule has 0 radical (unpaired) electrons. The number of aromatic hydroxyl groups is 1. The molecule has 4 aromatic rings. The molecule has 4 rings (SSSR count). The van der Waals surface area contributed by atoms with Crippen LogP contribution in [-0.4, -0.2) is 19.3 Å². The van der Waals surface area contributed by atoms with Crippen molar-refractivity contribution in [3.05, 3.63) is 114 Å². The van der Waals surface area contributed by atoms with Gasteiger partial charge in [0.15, 0.2) is 5.78 Å². The van der Waals surface area contributed by atoms with E-state index in [4.69, 9.17) is 4.74 Å². The van der Waals surface area contributed by atoms with Crippen molar-refractivity contribution in [2.24, 2.45) is 0 Å². The van der Waals surface area contributed by atoms with Gasteiger partial charge in [0.1, 0.15) is 17.2 Å². The molecule has 0 atom stereocenters. The summed E-state index contributed by atoms with van der Waals surface area (Å²) < 4.78 is 31.1. The number of phenols is 1. The summed E-state index contributed by atoms with van der Waals surface area (Å²) in [5.41, 5.74) is 0.962. The van der Waals surface area contributed by atoms with Crippen LogP contribution in [0, 0.1) is 0 Å². The molecule has 31 heavy (non-hydrogen) atoms. The summed E-state index contributed by atoms with van der Waals surface area (Å²) in [6.07, 6.45) is 0. The molecule has 4 aromatic carbocycles. The van der Waals surface area contributed by atoms with E-state index >= 15 is 0 Å². The highest BCUT2D eigenvalue weighted by Gasteiger charge is 2.17. The molecule has 0 saturated carbocycles. The summed E-state index contributed by atoms with van der Waals surface area (Å²) in [7, 11) is -3.58. The van der Waals surface area contributed by atoms with Crippen molar-refractivity contribution >= 4 is 15.6 Å². The maximum absolute atomic E-state index is 12.7. The number of ether oxygens (including phenoxy) is 1. The minimum absolute atomic E-state index is 0.0999. The zero-order valence-electron chi connectivity index (χ0n) is 16.3. The van der Waals surface area contributed by atoms with Crippen LogP contribution in [0.2, 0.25) is 0 Å². The average molecular weight is 430 g/mol. The largest absolute Gasteiger partial charge is 0.508 e. The Labute approximate surface area is 180 Å². The Balaban J connectivity index is 1.47. The molecule has 0 heterocycles. The standard InChI is InChI=1S/C25H18O5S/c26-20-10-6-18(7-11-20)25(27)19-8-12-21(13-9-19)30-22-14-16-24(17-15-22)31(28,29)23-4-2-1-3-5-23/h1-17,26H. The lowest BCUT2D eigenvalue weighted by Gasteiger charge is -2.09. The number of carbonyl (C=O) groups excluding carboxylic acids is 1. The maximum Gasteiger partial charge on any atom is 0.206 e. The molecule has 0 unspecified atom stereocenters. The van der Waals surface area contributed by atoms with Crippen molar-refractivity contribution in [1.29, 1.82) is 0 Å². The summed E-state index contributed by atoms with van der Waals surface area (Å²) >= 11 is 0. The second-order valence-corrected chi connectivity index (χ2v) is 8.74. The Morgan fingerprint density at radius 3 is 1.61 bits per heavy atom. The maximum atomic E-state index is 12.7. The molecule has 0 bridgehead atoms. The second kappa shape index (κ2) is 8.45. The summed E-state index contributed by atoms with van der Waals surface area (Å²) in [6.45, 7) is 0. The minimum Gasteiger partial charge on any atom is -0.508 e. The normalized spacial score (nSPS) is 11.1. The van der Waals surface area contributed by atoms with Crippen LogP contribution in [0.15, 0.2) is 113 Å². The molecular weight excluding hydrogens is 412 g/mol. The van der Waals surface area contributed by atoms with E-state index in [2.05, 4.69) is 0 Å². The topological polar surface area (TPSA) is 80.7 Å². The summed E-state index contributed by atoms with van der Waals surface area (Å²) in [6, 6.07) is 27.1. The van der Waals surface area contributed by atoms with Crippen molar-refractivity contribution in [3.63, 3.8) is 0 Å². The van der Waals surface area contributed by atoms with Gasteiger partial charge in [0.05, 0.1) is 9.79 Å². The Morgan fingerprint density at radius 1 is 0.613 bits per heavy atom. The van der Waals surface area contributed by atoms with Gasteiger partial charge in [-0.05, 0) is 84.9 Å². The van der Waals surface area contributed by atoms with Crippen molar-refractivity contribution in [1.82, 2.24) is 0 Å². The first-order chi connectivity index (χ1) is 14.9. The lowest BCUT2D eigenvalue weighted by molar-refractivity contribution is 0.103. The molecule has 0 aromatic heterocycles. The van der Waals surface area contributed by atoms with Crippen LogP contribution >= 0.6 is 0 Å². The lowest BCUT2D eigenvalue weighted by atomic mass is 10.0. The number of benzene rings is 4. The number of sulfone groups is 1. The first-order valence-electron chi connectivity index (χ1n) is 9.45. The molecule has 0 aliphatic rings. The molecule has 1 N–H and O–H groups in total. The van der Waals surface area contributed by atoms with E-state index in [0.717, 1.165) is 0 Å². The van der Waals surface area contributed by atoms with Gasteiger partial charge in [-0.25, -0.2) is 8.42 Å². The molecule has 154 valence electrons. The van der Waals surface area contributed by atoms with Crippen molar-refractivity contribution in [2.45, 2.75) is 9.79 Å². The van der Waals surface area contributed by atoms with Crippen molar-refractivity contribution in [3.8, 4) is 17.2 Å². The molecule has 0 spiro atoms. The van der Waals surface area contributed by atoms with Crippen molar-refractivity contribution < 1.29 is 23.1 Å². The monoisotopic (exact) mass is 430 g/mol. The minimum atomic E-state index is -3.58. The highest BCUT2D eigenvalue weighted by atomic mass is 32.2. The molecule has 0 aliphatic carbocycles. The Morgan fingerprint density at radius 2 is 1.06 bits per heavy atom. The number of ketones is 1. The van der Waals surface area contributed by atoms with Crippen LogP contribution in [0.25, 0.3) is 0 Å². The number of hydrogen-bond donors (Lipinski definition) is 1. The smallest absolute Gasteiger partial charge is 0.206 e. The van der Waals surface area contributed by atoms with E-state index in [1.165, 1.54) is 24.3 Å². The van der Waals surface area contributed by atoms with E-state index in [1.54, 1.807) is 78.9 Å². The predicted molar refractivity (Wildman–Crippen MR) is 116 cm³/mol. The van der Waals surface area contributed by atoms with E-state index < -0.39 is 9.84 Å². The number of rotatable bonds is 6. The van der Waals surface area contributed by atoms with Gasteiger partial charge in [0.25, 0.3) is 0 Å². The molecule has 0 fully saturated rings. The molecule has 0 aliphatic heterocycles. The average Bonchev–Trinajstić information content (AvgIpc) is 2.81. The molecule has 6 heteroatoms. The first-order valence-corrected chi connectivity index (χ1v) is 10.9. The van der Waals surface area contributed by atoms with Crippen LogP contribution < -0.4 is 4.74 Å². The molecule has 0 saturated heterocycles. The summed E-state index contributed by atoms with van der Waals surface area (Å²) in [4.78, 5) is 12.9. The van der Waals surface area contributed by atoms with Crippen LogP contribution in [-0.2, 0) is 9.84 Å². The Kier molecular flexibility index (Phi) is 5.56. The highest BCUT2D eigenvalue weighted by Crippen LogP contribution is 2.26. The van der Waals surface area contributed by atoms with Crippen LogP contribution in [0.5, 0.6) is 17.2 Å². The van der Waals surface area contributed by atoms with Crippen LogP contribution in [0.1, 0.15) is 15.9 Å². The van der Waals surface area contributed by atoms with Gasteiger partial charge in [0, 0.05) is 11.1 Å². The highest BCUT2D eigenvalue weighted by molar-refractivity contribution is 7.91. The quantitative estimate of drug-likeness (QED) is 0.423. The third-order valence-corrected chi connectivity index (χ3v) is 6.45. The summed E-state index contributed by atoms with van der Waals surface area (Å²) in [5.74, 6) is 0.926. The Hall–Kier alpha value is -3.90. The fourth-order valence-corrected chi connectivity index (χ4v) is 4.29. The lowest BCUT2D eigenvalue weighted by Crippen LogP contribution is -2.01. The fourth-order valence-electron chi connectivity index (χ4n) is 3.01. The van der Waals surface area contributed by atoms with Gasteiger partial charge in [-0.3, -0.25) is 4.79 Å². The van der Waals surface area contributed by atoms with Gasteiger partial charge in [0.2, 0.25) is 9.84 Å². The number of phenolic OH excluding ortho intramolecular Hbond substituents is 1. The predicted octanol–water partition coefficient (Wildman–Crippen LogP) is 5.25. The zero-order valence-corrected chi connectivity index (χ0v) is 17.1. The fraction of sp³-hybridized carbons (Fsp3) is 0. The molecule has 5 nitrogen and oxygen atoms in total. The summed E-state index contributed by atoms with van der Waals surface area (Å²) in [5, 5.41) is 9.34. The van der Waals surface area contributed by atoms with Gasteiger partial charge < -0.3 is 9.84 Å². The molecular formula is C25H18O5S. The van der Waals surface area contributed by atoms with E-state index in [1.807, 2.05) is 0 Å². The number of carbonyl (C=O) groups is 1. The molecule has 0 amide bonds. The second-order valence-electron chi connectivity index (χ2n) is 6.79. The van der Waals surface area contributed by atoms with E-state index in [9.17, 15) is 18.3 Å². The zero-order chi connectivity index (χ0) is 21.8. The SMILES string of the molecule is O=C(c1ccc(O)cc1)c1ccc(Oc2ccc(S(=O)(=O)c3ccccc3)cc2)cc1. The first kappa shape index (κ1) is 20.4. The van der Waals surface area contributed by atoms with E-state index in [-0.39, 0.29) is 21.3 Å². The van der Waals surface area contributed by atoms with E-state index in [0.29, 0.717) is 22.6 Å². The van der Waals surface area contributed by atoms with Gasteiger partial charge >= 0.3 is 0 Å². The number of hydrogen-bond acceptors (Lipinski definition) is 5. The van der Waals surface area contributed by atoms with Crippen LogP contribution in [0.3, 0.4) is 0 Å². The van der Waals surface area contributed by atoms with Gasteiger partial charge in [-0.2, -0.15) is 0 Å². The van der Waals surface area contributed by atoms with Gasteiger partial charge in [-0.15, -0.1) is 0 Å². The van der Waals surface area contributed by atoms with Crippen LogP contribution in [0.4, 0.5) is 0 Å². The third-order valence-electron chi connectivity index (χ3n) is 4.67. The third kappa shape index (κ3) is 4.49.